The molecule has 0 saturated heterocycles. The molecule has 0 amide bonds. The number of thioether (sulfide) groups is 1. The highest BCUT2D eigenvalue weighted by atomic mass is 32.2. The molecule has 1 saturated carbocycles. The number of hydrogen-bond donors (Lipinski definition) is 2. The van der Waals surface area contributed by atoms with Gasteiger partial charge in [-0.05, 0) is 25.5 Å². The minimum absolute atomic E-state index is 0.00684. The van der Waals surface area contributed by atoms with Gasteiger partial charge in [-0.15, -0.1) is 0 Å². The molecule has 1 heterocycles. The molecule has 0 aliphatic heterocycles. The highest BCUT2D eigenvalue weighted by Gasteiger charge is 2.26. The van der Waals surface area contributed by atoms with E-state index in [2.05, 4.69) is 16.1 Å². The van der Waals surface area contributed by atoms with E-state index < -0.39 is 10.0 Å². The minimum Gasteiger partial charge on any atom is -0.394 e. The maximum atomic E-state index is 12.3. The summed E-state index contributed by atoms with van der Waals surface area (Å²) in [5.74, 6) is 0. The summed E-state index contributed by atoms with van der Waals surface area (Å²) in [6.45, 7) is 0.236. The summed E-state index contributed by atoms with van der Waals surface area (Å²) < 4.78 is 28.8. The molecule has 0 spiro atoms. The summed E-state index contributed by atoms with van der Waals surface area (Å²) in [6.07, 6.45) is 8.84. The van der Waals surface area contributed by atoms with Gasteiger partial charge >= 0.3 is 0 Å². The molecule has 2 atom stereocenters. The fourth-order valence-corrected chi connectivity index (χ4v) is 4.52. The normalized spacial score (nSPS) is 23.9. The summed E-state index contributed by atoms with van der Waals surface area (Å²) in [7, 11) is -3.51. The van der Waals surface area contributed by atoms with Gasteiger partial charge in [-0.3, -0.25) is 4.68 Å². The number of rotatable bonds is 6. The van der Waals surface area contributed by atoms with Crippen molar-refractivity contribution in [3.8, 4) is 0 Å². The molecule has 2 rings (SSSR count). The summed E-state index contributed by atoms with van der Waals surface area (Å²) in [5, 5.41) is 13.3. The van der Waals surface area contributed by atoms with Gasteiger partial charge in [-0.1, -0.05) is 6.42 Å². The van der Waals surface area contributed by atoms with E-state index in [1.807, 2.05) is 0 Å². The Hall–Kier alpha value is -0.570. The highest BCUT2D eigenvalue weighted by molar-refractivity contribution is 7.99. The third kappa shape index (κ3) is 3.97. The van der Waals surface area contributed by atoms with Crippen molar-refractivity contribution in [3.63, 3.8) is 0 Å². The number of aliphatic hydroxyl groups is 1. The largest absolute Gasteiger partial charge is 0.394 e. The third-order valence-corrected chi connectivity index (χ3v) is 6.10. The molecule has 1 aliphatic carbocycles. The van der Waals surface area contributed by atoms with Crippen molar-refractivity contribution in [2.75, 3.05) is 12.9 Å². The van der Waals surface area contributed by atoms with Crippen molar-refractivity contribution in [2.24, 2.45) is 0 Å². The Morgan fingerprint density at radius 3 is 3.05 bits per heavy atom. The molecule has 1 fully saturated rings. The van der Waals surface area contributed by atoms with Crippen molar-refractivity contribution in [2.45, 2.75) is 48.4 Å². The molecule has 1 aromatic rings. The number of nitrogens with one attached hydrogen (secondary N) is 1. The number of sulfonamides is 1. The third-order valence-electron chi connectivity index (χ3n) is 3.53. The first-order valence-electron chi connectivity index (χ1n) is 6.73. The van der Waals surface area contributed by atoms with Crippen LogP contribution in [0.4, 0.5) is 0 Å². The Morgan fingerprint density at radius 2 is 2.35 bits per heavy atom. The van der Waals surface area contributed by atoms with Crippen LogP contribution in [0.5, 0.6) is 0 Å². The molecule has 8 heteroatoms. The van der Waals surface area contributed by atoms with E-state index >= 15 is 0 Å². The van der Waals surface area contributed by atoms with E-state index in [0.717, 1.165) is 25.7 Å². The first kappa shape index (κ1) is 15.8. The van der Waals surface area contributed by atoms with Crippen LogP contribution in [-0.2, 0) is 16.6 Å². The Kier molecular flexibility index (Phi) is 5.48. The van der Waals surface area contributed by atoms with Crippen LogP contribution >= 0.6 is 11.8 Å². The van der Waals surface area contributed by atoms with Gasteiger partial charge in [-0.25, -0.2) is 13.1 Å². The number of aromatic nitrogens is 2. The van der Waals surface area contributed by atoms with Crippen LogP contribution in [0.15, 0.2) is 17.3 Å². The Morgan fingerprint density at radius 1 is 1.55 bits per heavy atom. The summed E-state index contributed by atoms with van der Waals surface area (Å²) >= 11 is 1.80. The molecule has 1 aliphatic rings. The Bertz CT molecular complexity index is 530. The van der Waals surface area contributed by atoms with Crippen molar-refractivity contribution in [1.29, 1.82) is 0 Å². The second-order valence-electron chi connectivity index (χ2n) is 5.01. The average molecular weight is 319 g/mol. The quantitative estimate of drug-likeness (QED) is 0.811. The fourth-order valence-electron chi connectivity index (χ4n) is 2.46. The fraction of sp³-hybridized carbons (Fsp3) is 0.750. The standard InChI is InChI=1S/C12H21N3O3S2/c1-19-11-4-2-3-10(7-11)14-20(17,18)12-8-13-15(9-12)5-6-16/h8-11,14,16H,2-7H2,1H3. The van der Waals surface area contributed by atoms with Crippen LogP contribution < -0.4 is 4.72 Å². The monoisotopic (exact) mass is 319 g/mol. The maximum absolute atomic E-state index is 12.3. The molecule has 0 radical (unpaired) electrons. The minimum atomic E-state index is -3.51. The summed E-state index contributed by atoms with van der Waals surface area (Å²) in [5.41, 5.74) is 0. The SMILES string of the molecule is CSC1CCCC(NS(=O)(=O)c2cnn(CCO)c2)C1. The molecule has 2 N–H and O–H groups in total. The van der Waals surface area contributed by atoms with Crippen LogP contribution in [0.3, 0.4) is 0 Å². The molecule has 114 valence electrons. The number of hydrogen-bond acceptors (Lipinski definition) is 5. The van der Waals surface area contributed by atoms with Gasteiger partial charge in [-0.2, -0.15) is 16.9 Å². The second-order valence-corrected chi connectivity index (χ2v) is 7.86. The molecule has 6 nitrogen and oxygen atoms in total. The van der Waals surface area contributed by atoms with Crippen LogP contribution in [-0.4, -0.2) is 47.5 Å². The number of aliphatic hydroxyl groups excluding tert-OH is 1. The molecule has 20 heavy (non-hydrogen) atoms. The smallest absolute Gasteiger partial charge is 0.243 e. The first-order valence-corrected chi connectivity index (χ1v) is 9.50. The van der Waals surface area contributed by atoms with E-state index in [4.69, 9.17) is 5.11 Å². The lowest BCUT2D eigenvalue weighted by Crippen LogP contribution is -2.38. The van der Waals surface area contributed by atoms with Crippen LogP contribution in [0.2, 0.25) is 0 Å². The highest BCUT2D eigenvalue weighted by Crippen LogP contribution is 2.27. The summed E-state index contributed by atoms with van der Waals surface area (Å²) in [6, 6.07) is 0.00684. The van der Waals surface area contributed by atoms with Gasteiger partial charge in [0.25, 0.3) is 0 Å². The van der Waals surface area contributed by atoms with E-state index in [1.54, 1.807) is 11.8 Å². The second kappa shape index (κ2) is 6.93. The van der Waals surface area contributed by atoms with E-state index in [0.29, 0.717) is 11.8 Å². The zero-order valence-corrected chi connectivity index (χ0v) is 13.2. The van der Waals surface area contributed by atoms with E-state index in [1.165, 1.54) is 17.1 Å². The van der Waals surface area contributed by atoms with E-state index in [-0.39, 0.29) is 17.5 Å². The summed E-state index contributed by atoms with van der Waals surface area (Å²) in [4.78, 5) is 0.164. The number of nitrogens with zero attached hydrogens (tertiary/aromatic N) is 2. The zero-order chi connectivity index (χ0) is 14.6. The lowest BCUT2D eigenvalue weighted by atomic mass is 9.96. The topological polar surface area (TPSA) is 84.2 Å². The van der Waals surface area contributed by atoms with Crippen LogP contribution in [0.1, 0.15) is 25.7 Å². The van der Waals surface area contributed by atoms with Crippen molar-refractivity contribution < 1.29 is 13.5 Å². The zero-order valence-electron chi connectivity index (χ0n) is 11.5. The van der Waals surface area contributed by atoms with Gasteiger partial charge in [0.05, 0.1) is 19.3 Å². The van der Waals surface area contributed by atoms with Crippen molar-refractivity contribution >= 4 is 21.8 Å². The van der Waals surface area contributed by atoms with Gasteiger partial charge in [0, 0.05) is 17.5 Å². The van der Waals surface area contributed by atoms with Crippen LogP contribution in [0, 0.1) is 0 Å². The van der Waals surface area contributed by atoms with Gasteiger partial charge < -0.3 is 5.11 Å². The Balaban J connectivity index is 2.02. The predicted molar refractivity (Wildman–Crippen MR) is 79.2 cm³/mol. The molecule has 0 bridgehead atoms. The van der Waals surface area contributed by atoms with Crippen molar-refractivity contribution in [3.05, 3.63) is 12.4 Å². The molecular formula is C12H21N3O3S2. The molecule has 0 aromatic carbocycles. The molecule has 1 aromatic heterocycles. The van der Waals surface area contributed by atoms with Crippen molar-refractivity contribution in [1.82, 2.24) is 14.5 Å². The lowest BCUT2D eigenvalue weighted by Gasteiger charge is -2.28. The molecule has 2 unspecified atom stereocenters. The lowest BCUT2D eigenvalue weighted by molar-refractivity contribution is 0.269. The average Bonchev–Trinajstić information content (AvgIpc) is 2.88. The van der Waals surface area contributed by atoms with Crippen LogP contribution in [0.25, 0.3) is 0 Å². The first-order chi connectivity index (χ1) is 9.55. The van der Waals surface area contributed by atoms with E-state index in [9.17, 15) is 8.42 Å². The Labute approximate surface area is 124 Å². The maximum Gasteiger partial charge on any atom is 0.243 e. The van der Waals surface area contributed by atoms with Gasteiger partial charge in [0.2, 0.25) is 10.0 Å². The van der Waals surface area contributed by atoms with Gasteiger partial charge in [0.15, 0.2) is 0 Å². The predicted octanol–water partition coefficient (Wildman–Crippen LogP) is 0.828. The van der Waals surface area contributed by atoms with Gasteiger partial charge in [0.1, 0.15) is 4.90 Å². The molecular weight excluding hydrogens is 298 g/mol.